The molecule has 0 heterocycles. The van der Waals surface area contributed by atoms with Crippen molar-refractivity contribution in [3.05, 3.63) is 0 Å². The van der Waals surface area contributed by atoms with E-state index < -0.39 is 0 Å². The second-order valence-corrected chi connectivity index (χ2v) is 3.46. The summed E-state index contributed by atoms with van der Waals surface area (Å²) in [7, 11) is 0. The van der Waals surface area contributed by atoms with E-state index in [2.05, 4.69) is 13.8 Å². The van der Waals surface area contributed by atoms with Gasteiger partial charge in [0.2, 0.25) is 0 Å². The summed E-state index contributed by atoms with van der Waals surface area (Å²) in [5.74, 6) is 1.29. The topological polar surface area (TPSA) is 20.2 Å². The molecule has 0 bridgehead atoms. The van der Waals surface area contributed by atoms with Crippen LogP contribution in [0.5, 0.6) is 0 Å². The summed E-state index contributed by atoms with van der Waals surface area (Å²) in [6, 6.07) is 0. The molecular weight excluding hydrogens is 135 g/mol. The summed E-state index contributed by atoms with van der Waals surface area (Å²) < 4.78 is 0. The van der Waals surface area contributed by atoms with Crippen molar-refractivity contribution >= 4 is 0 Å². The van der Waals surface area contributed by atoms with Gasteiger partial charge in [-0.3, -0.25) is 0 Å². The van der Waals surface area contributed by atoms with E-state index >= 15 is 0 Å². The molecule has 2 heteroatoms. The average Bonchev–Trinajstić information content (AvgIpc) is 1.80. The minimum Gasteiger partial charge on any atom is -1.00 e. The first-order valence-corrected chi connectivity index (χ1v) is 3.88. The van der Waals surface area contributed by atoms with Crippen molar-refractivity contribution in [2.24, 2.45) is 11.8 Å². The summed E-state index contributed by atoms with van der Waals surface area (Å²) in [5.41, 5.74) is 0. The van der Waals surface area contributed by atoms with E-state index in [1.54, 1.807) is 0 Å². The van der Waals surface area contributed by atoms with Crippen molar-refractivity contribution in [1.29, 1.82) is 0 Å². The Hall–Kier alpha value is 0.960. The van der Waals surface area contributed by atoms with Crippen LogP contribution in [0.3, 0.4) is 0 Å². The Morgan fingerprint density at radius 2 is 1.90 bits per heavy atom. The van der Waals surface area contributed by atoms with Crippen molar-refractivity contribution in [3.63, 3.8) is 0 Å². The standard InChI is InChI=1S/C8H16O.Na.H/c1-6-3-4-7(2)8(9)5-6;;/h6-9H,3-5H2,1-2H3;;/q;+1;-1. The molecule has 0 aliphatic heterocycles. The zero-order valence-electron chi connectivity index (χ0n) is 8.30. The van der Waals surface area contributed by atoms with Gasteiger partial charge in [-0.1, -0.05) is 20.3 Å². The summed E-state index contributed by atoms with van der Waals surface area (Å²) >= 11 is 0. The van der Waals surface area contributed by atoms with Crippen molar-refractivity contribution in [1.82, 2.24) is 0 Å². The van der Waals surface area contributed by atoms with Gasteiger partial charge in [-0.05, 0) is 24.7 Å². The molecule has 0 amide bonds. The van der Waals surface area contributed by atoms with Gasteiger partial charge in [0.05, 0.1) is 6.10 Å². The van der Waals surface area contributed by atoms with Crippen molar-refractivity contribution in [3.8, 4) is 0 Å². The largest absolute Gasteiger partial charge is 1.00 e. The molecule has 1 aliphatic carbocycles. The Kier molecular flexibility index (Phi) is 5.22. The molecule has 0 saturated heterocycles. The van der Waals surface area contributed by atoms with Gasteiger partial charge < -0.3 is 6.53 Å². The number of hydrogen-bond acceptors (Lipinski definition) is 1. The van der Waals surface area contributed by atoms with Gasteiger partial charge in [0.25, 0.3) is 0 Å². The molecule has 1 aliphatic rings. The van der Waals surface area contributed by atoms with Crippen LogP contribution in [0, 0.1) is 11.8 Å². The second-order valence-electron chi connectivity index (χ2n) is 3.46. The van der Waals surface area contributed by atoms with E-state index in [4.69, 9.17) is 0 Å². The van der Waals surface area contributed by atoms with E-state index in [1.165, 1.54) is 12.8 Å². The van der Waals surface area contributed by atoms with E-state index in [1.807, 2.05) is 0 Å². The number of hydrogen-bond donors (Lipinski definition) is 1. The maximum absolute atomic E-state index is 9.35. The summed E-state index contributed by atoms with van der Waals surface area (Å²) in [6.45, 7) is 4.35. The number of aliphatic hydroxyl groups excluding tert-OH is 1. The molecule has 56 valence electrons. The van der Waals surface area contributed by atoms with Crippen LogP contribution in [0.4, 0.5) is 0 Å². The van der Waals surface area contributed by atoms with E-state index in [-0.39, 0.29) is 37.1 Å². The molecule has 1 saturated carbocycles. The first kappa shape index (κ1) is 11.0. The summed E-state index contributed by atoms with van der Waals surface area (Å²) in [5, 5.41) is 9.35. The molecule has 3 atom stereocenters. The fourth-order valence-corrected chi connectivity index (χ4v) is 1.50. The zero-order chi connectivity index (χ0) is 6.85. The Balaban J connectivity index is 0. The second kappa shape index (κ2) is 4.76. The van der Waals surface area contributed by atoms with Crippen LogP contribution in [0.2, 0.25) is 0 Å². The predicted molar refractivity (Wildman–Crippen MR) is 39.3 cm³/mol. The van der Waals surface area contributed by atoms with Crippen LogP contribution in [0.25, 0.3) is 0 Å². The molecule has 0 radical (unpaired) electrons. The first-order valence-electron chi connectivity index (χ1n) is 3.88. The van der Waals surface area contributed by atoms with Crippen LogP contribution in [-0.4, -0.2) is 11.2 Å². The molecule has 1 fully saturated rings. The number of rotatable bonds is 0. The maximum atomic E-state index is 9.35. The van der Waals surface area contributed by atoms with Crippen molar-refractivity contribution < 1.29 is 36.1 Å². The van der Waals surface area contributed by atoms with Gasteiger partial charge >= 0.3 is 29.6 Å². The molecule has 10 heavy (non-hydrogen) atoms. The molecule has 0 aromatic carbocycles. The molecule has 1 nitrogen and oxygen atoms in total. The third kappa shape index (κ3) is 2.91. The molecule has 0 aromatic heterocycles. The Bertz CT molecular complexity index is 100. The fourth-order valence-electron chi connectivity index (χ4n) is 1.50. The van der Waals surface area contributed by atoms with Gasteiger partial charge in [0.15, 0.2) is 0 Å². The van der Waals surface area contributed by atoms with Gasteiger partial charge in [-0.25, -0.2) is 0 Å². The fraction of sp³-hybridized carbons (Fsp3) is 1.00. The molecule has 3 unspecified atom stereocenters. The third-order valence-electron chi connectivity index (χ3n) is 2.42. The van der Waals surface area contributed by atoms with Crippen LogP contribution in [-0.2, 0) is 0 Å². The zero-order valence-corrected chi connectivity index (χ0v) is 9.30. The predicted octanol–water partition coefficient (Wildman–Crippen LogP) is -1.08. The SMILES string of the molecule is CC1CCC(C)C(O)C1.[H-].[Na+]. The minimum atomic E-state index is -0.0197. The van der Waals surface area contributed by atoms with Crippen LogP contribution >= 0.6 is 0 Å². The molecular formula is C8H17NaO. The van der Waals surface area contributed by atoms with E-state index in [9.17, 15) is 5.11 Å². The van der Waals surface area contributed by atoms with Crippen molar-refractivity contribution in [2.75, 3.05) is 0 Å². The van der Waals surface area contributed by atoms with E-state index in [0.717, 1.165) is 12.3 Å². The molecule has 1 N–H and O–H groups in total. The maximum Gasteiger partial charge on any atom is 1.00 e. The third-order valence-corrected chi connectivity index (χ3v) is 2.42. The van der Waals surface area contributed by atoms with Crippen LogP contribution in [0.1, 0.15) is 34.5 Å². The van der Waals surface area contributed by atoms with Crippen LogP contribution < -0.4 is 29.6 Å². The van der Waals surface area contributed by atoms with Crippen LogP contribution in [0.15, 0.2) is 0 Å². The van der Waals surface area contributed by atoms with Crippen molar-refractivity contribution in [2.45, 2.75) is 39.2 Å². The molecule has 1 rings (SSSR count). The van der Waals surface area contributed by atoms with Gasteiger partial charge in [-0.15, -0.1) is 0 Å². The first-order chi connectivity index (χ1) is 4.20. The summed E-state index contributed by atoms with van der Waals surface area (Å²) in [6.07, 6.45) is 3.51. The Morgan fingerprint density at radius 3 is 2.30 bits per heavy atom. The summed E-state index contributed by atoms with van der Waals surface area (Å²) in [4.78, 5) is 0. The Morgan fingerprint density at radius 1 is 1.30 bits per heavy atom. The average molecular weight is 152 g/mol. The normalized spacial score (nSPS) is 40.5. The minimum absolute atomic E-state index is 0. The van der Waals surface area contributed by atoms with Gasteiger partial charge in [0.1, 0.15) is 0 Å². The molecule has 0 spiro atoms. The Labute approximate surface area is 87.0 Å². The monoisotopic (exact) mass is 152 g/mol. The quantitative estimate of drug-likeness (QED) is 0.438. The number of aliphatic hydroxyl groups is 1. The molecule has 0 aromatic rings. The van der Waals surface area contributed by atoms with Gasteiger partial charge in [0, 0.05) is 0 Å². The van der Waals surface area contributed by atoms with Gasteiger partial charge in [-0.2, -0.15) is 0 Å². The van der Waals surface area contributed by atoms with E-state index in [0.29, 0.717) is 5.92 Å². The smallest absolute Gasteiger partial charge is 1.00 e.